The Morgan fingerprint density at radius 3 is 2.46 bits per heavy atom. The molecule has 0 unspecified atom stereocenters. The number of ether oxygens (including phenoxy) is 1. The number of anilines is 1. The molecular weight excluding hydrogens is 395 g/mol. The maximum atomic E-state index is 12.6. The van der Waals surface area contributed by atoms with E-state index in [1.807, 2.05) is 0 Å². The zero-order valence-electron chi connectivity index (χ0n) is 14.5. The molecule has 0 radical (unpaired) electrons. The van der Waals surface area contributed by atoms with E-state index >= 15 is 0 Å². The highest BCUT2D eigenvalue weighted by molar-refractivity contribution is 7.21. The van der Waals surface area contributed by atoms with E-state index in [0.29, 0.717) is 21.5 Å². The molecular formula is C19H14F3NO4S. The van der Waals surface area contributed by atoms with Crippen molar-refractivity contribution in [1.82, 2.24) is 0 Å². The molecule has 146 valence electrons. The highest BCUT2D eigenvalue weighted by atomic mass is 32.1. The van der Waals surface area contributed by atoms with Crippen LogP contribution < -0.4 is 10.1 Å². The Morgan fingerprint density at radius 2 is 1.86 bits per heavy atom. The Balaban J connectivity index is 2.02. The molecule has 28 heavy (non-hydrogen) atoms. The van der Waals surface area contributed by atoms with Gasteiger partial charge >= 0.3 is 12.1 Å². The molecule has 1 amide bonds. The zero-order valence-corrected chi connectivity index (χ0v) is 15.3. The second kappa shape index (κ2) is 7.51. The minimum atomic E-state index is -4.61. The molecule has 1 heterocycles. The molecule has 1 aromatic heterocycles. The van der Waals surface area contributed by atoms with E-state index in [-0.39, 0.29) is 16.0 Å². The molecule has 0 saturated carbocycles. The summed E-state index contributed by atoms with van der Waals surface area (Å²) >= 11 is 0.816. The summed E-state index contributed by atoms with van der Waals surface area (Å²) in [7, 11) is 0. The van der Waals surface area contributed by atoms with Crippen LogP contribution in [0.1, 0.15) is 25.6 Å². The number of carbonyl (C=O) groups is 2. The van der Waals surface area contributed by atoms with Gasteiger partial charge in [0.1, 0.15) is 0 Å². The number of amides is 1. The molecule has 0 saturated heterocycles. The molecule has 2 aromatic carbocycles. The number of halogens is 3. The van der Waals surface area contributed by atoms with Gasteiger partial charge in [-0.15, -0.1) is 11.3 Å². The van der Waals surface area contributed by atoms with E-state index in [9.17, 15) is 27.9 Å². The third-order valence-electron chi connectivity index (χ3n) is 3.85. The second-order valence-electron chi connectivity index (χ2n) is 5.95. The van der Waals surface area contributed by atoms with Crippen molar-refractivity contribution in [3.63, 3.8) is 0 Å². The van der Waals surface area contributed by atoms with E-state index in [1.54, 1.807) is 43.3 Å². The minimum absolute atomic E-state index is 0.195. The van der Waals surface area contributed by atoms with Gasteiger partial charge in [-0.05, 0) is 36.8 Å². The first kappa shape index (κ1) is 19.7. The van der Waals surface area contributed by atoms with Crippen molar-refractivity contribution < 1.29 is 32.6 Å². The first-order valence-electron chi connectivity index (χ1n) is 8.02. The molecule has 0 bridgehead atoms. The number of carboxylic acids is 1. The number of carbonyl (C=O) groups excluding carboxylic acids is 1. The van der Waals surface area contributed by atoms with E-state index in [4.69, 9.17) is 4.74 Å². The molecule has 0 atom stereocenters. The van der Waals surface area contributed by atoms with E-state index < -0.39 is 24.7 Å². The first-order valence-corrected chi connectivity index (χ1v) is 8.84. The number of aryl methyl sites for hydroxylation is 1. The predicted octanol–water partition coefficient (Wildman–Crippen LogP) is 5.10. The van der Waals surface area contributed by atoms with Gasteiger partial charge in [-0.2, -0.15) is 13.2 Å². The first-order chi connectivity index (χ1) is 13.2. The van der Waals surface area contributed by atoms with Crippen LogP contribution >= 0.6 is 11.3 Å². The summed E-state index contributed by atoms with van der Waals surface area (Å²) in [5.41, 5.74) is 1.40. The average Bonchev–Trinajstić information content (AvgIpc) is 2.98. The highest BCUT2D eigenvalue weighted by Gasteiger charge is 2.31. The summed E-state index contributed by atoms with van der Waals surface area (Å²) in [5.74, 6) is -2.14. The summed E-state index contributed by atoms with van der Waals surface area (Å²) in [5, 5.41) is 12.2. The van der Waals surface area contributed by atoms with Gasteiger partial charge < -0.3 is 15.2 Å². The molecule has 2 N–H and O–H groups in total. The lowest BCUT2D eigenvalue weighted by Crippen LogP contribution is -2.19. The molecule has 0 aliphatic rings. The van der Waals surface area contributed by atoms with Crippen LogP contribution in [-0.2, 0) is 0 Å². The monoisotopic (exact) mass is 409 g/mol. The lowest BCUT2D eigenvalue weighted by Gasteiger charge is -2.11. The van der Waals surface area contributed by atoms with Gasteiger partial charge in [-0.25, -0.2) is 4.79 Å². The molecule has 9 heteroatoms. The molecule has 0 aliphatic heterocycles. The number of thiophene rings is 1. The van der Waals surface area contributed by atoms with E-state index in [1.165, 1.54) is 6.07 Å². The zero-order chi connectivity index (χ0) is 20.5. The van der Waals surface area contributed by atoms with E-state index in [0.717, 1.165) is 11.3 Å². The lowest BCUT2D eigenvalue weighted by atomic mass is 10.1. The summed E-state index contributed by atoms with van der Waals surface area (Å²) in [4.78, 5) is 23.5. The summed E-state index contributed by atoms with van der Waals surface area (Å²) in [6.07, 6.45) is -4.61. The summed E-state index contributed by atoms with van der Waals surface area (Å²) in [6, 6.07) is 11.4. The maximum absolute atomic E-state index is 12.6. The Labute approximate surface area is 161 Å². The SMILES string of the molecule is Cc1cc2sc(C(=O)O)c(OCC(F)(F)F)c2cc1NC(=O)c1ccccc1. The van der Waals surface area contributed by atoms with Crippen LogP contribution in [0.4, 0.5) is 18.9 Å². The normalized spacial score (nSPS) is 11.4. The summed E-state index contributed by atoms with van der Waals surface area (Å²) < 4.78 is 42.9. The van der Waals surface area contributed by atoms with Crippen LogP contribution in [0.2, 0.25) is 0 Å². The molecule has 3 aromatic rings. The van der Waals surface area contributed by atoms with Gasteiger partial charge in [0.25, 0.3) is 5.91 Å². The van der Waals surface area contributed by atoms with Crippen molar-refractivity contribution in [2.75, 3.05) is 11.9 Å². The van der Waals surface area contributed by atoms with Crippen LogP contribution in [0.25, 0.3) is 10.1 Å². The average molecular weight is 409 g/mol. The van der Waals surface area contributed by atoms with Crippen LogP contribution in [0, 0.1) is 6.92 Å². The number of carboxylic acid groups (broad SMARTS) is 1. The standard InChI is InChI=1S/C19H14F3NO4S/c1-10-7-14-12(8-13(10)23-17(24)11-5-3-2-4-6-11)15(16(28-14)18(25)26)27-9-19(20,21)22/h2-8H,9H2,1H3,(H,23,24)(H,25,26). The van der Waals surface area contributed by atoms with Crippen LogP contribution in [0.5, 0.6) is 5.75 Å². The molecule has 0 aliphatic carbocycles. The fraction of sp³-hybridized carbons (Fsp3) is 0.158. The topological polar surface area (TPSA) is 75.6 Å². The third kappa shape index (κ3) is 4.25. The fourth-order valence-electron chi connectivity index (χ4n) is 2.58. The van der Waals surface area contributed by atoms with Crippen LogP contribution in [0.15, 0.2) is 42.5 Å². The number of hydrogen-bond donors (Lipinski definition) is 2. The van der Waals surface area contributed by atoms with Crippen molar-refractivity contribution in [1.29, 1.82) is 0 Å². The largest absolute Gasteiger partial charge is 0.482 e. The Morgan fingerprint density at radius 1 is 1.18 bits per heavy atom. The molecule has 5 nitrogen and oxygen atoms in total. The maximum Gasteiger partial charge on any atom is 0.422 e. The highest BCUT2D eigenvalue weighted by Crippen LogP contribution is 2.41. The molecule has 3 rings (SSSR count). The van der Waals surface area contributed by atoms with Crippen molar-refractivity contribution in [3.05, 3.63) is 58.5 Å². The lowest BCUT2D eigenvalue weighted by molar-refractivity contribution is -0.153. The third-order valence-corrected chi connectivity index (χ3v) is 4.97. The van der Waals surface area contributed by atoms with E-state index in [2.05, 4.69) is 5.32 Å². The number of aromatic carboxylic acids is 1. The van der Waals surface area contributed by atoms with Gasteiger partial charge in [0, 0.05) is 21.3 Å². The fourth-order valence-corrected chi connectivity index (χ4v) is 3.64. The van der Waals surface area contributed by atoms with Crippen molar-refractivity contribution in [3.8, 4) is 5.75 Å². The van der Waals surface area contributed by atoms with Gasteiger partial charge in [0.05, 0.1) is 0 Å². The minimum Gasteiger partial charge on any atom is -0.482 e. The van der Waals surface area contributed by atoms with Gasteiger partial charge in [-0.3, -0.25) is 4.79 Å². The van der Waals surface area contributed by atoms with Crippen molar-refractivity contribution in [2.24, 2.45) is 0 Å². The van der Waals surface area contributed by atoms with Crippen LogP contribution in [0.3, 0.4) is 0 Å². The Kier molecular flexibility index (Phi) is 5.28. The van der Waals surface area contributed by atoms with Gasteiger partial charge in [-0.1, -0.05) is 18.2 Å². The number of hydrogen-bond acceptors (Lipinski definition) is 4. The predicted molar refractivity (Wildman–Crippen MR) is 99.5 cm³/mol. The quantitative estimate of drug-likeness (QED) is 0.615. The van der Waals surface area contributed by atoms with Gasteiger partial charge in [0.15, 0.2) is 17.2 Å². The number of nitrogens with one attached hydrogen (secondary N) is 1. The van der Waals surface area contributed by atoms with Crippen LogP contribution in [-0.4, -0.2) is 29.8 Å². The number of fused-ring (bicyclic) bond motifs is 1. The Hall–Kier alpha value is -3.07. The molecule has 0 spiro atoms. The Bertz CT molecular complexity index is 1040. The van der Waals surface area contributed by atoms with Crippen molar-refractivity contribution >= 4 is 39.0 Å². The van der Waals surface area contributed by atoms with Gasteiger partial charge in [0.2, 0.25) is 0 Å². The smallest absolute Gasteiger partial charge is 0.422 e. The number of alkyl halides is 3. The second-order valence-corrected chi connectivity index (χ2v) is 7.00. The number of rotatable bonds is 5. The van der Waals surface area contributed by atoms with Crippen molar-refractivity contribution in [2.45, 2.75) is 13.1 Å². The number of benzene rings is 2. The molecule has 0 fully saturated rings. The summed E-state index contributed by atoms with van der Waals surface area (Å²) in [6.45, 7) is 0.0924.